The highest BCUT2D eigenvalue weighted by Crippen LogP contribution is 2.31. The van der Waals surface area contributed by atoms with E-state index < -0.39 is 5.97 Å². The van der Waals surface area contributed by atoms with Crippen molar-refractivity contribution in [2.24, 2.45) is 11.8 Å². The molecule has 1 N–H and O–H groups in total. The number of carbonyl (C=O) groups is 1. The lowest BCUT2D eigenvalue weighted by Gasteiger charge is -2.37. The molecule has 0 spiro atoms. The van der Waals surface area contributed by atoms with Crippen molar-refractivity contribution in [3.8, 4) is 0 Å². The van der Waals surface area contributed by atoms with E-state index in [4.69, 9.17) is 5.11 Å². The Morgan fingerprint density at radius 1 is 1.23 bits per heavy atom. The van der Waals surface area contributed by atoms with Gasteiger partial charge in [-0.1, -0.05) is 26.2 Å². The summed E-state index contributed by atoms with van der Waals surface area (Å²) in [5, 5.41) is 8.86. The summed E-state index contributed by atoms with van der Waals surface area (Å²) in [5.41, 5.74) is 0. The van der Waals surface area contributed by atoms with Gasteiger partial charge in [0.15, 0.2) is 0 Å². The molecule has 2 rings (SSSR count). The normalized spacial score (nSPS) is 27.6. The van der Waals surface area contributed by atoms with E-state index in [2.05, 4.69) is 11.8 Å². The van der Waals surface area contributed by atoms with Gasteiger partial charge in [-0.2, -0.15) is 0 Å². The number of likely N-dealkylation sites (tertiary alicyclic amines) is 1. The standard InChI is InChI=1S/C17H32N2O2.ClH/c1-14-4-3-5-15(12-14)6-9-19-10-7-16(8-11-19)18(2)13-17(20)21;/h14-16H,3-13H2,1-2H3,(H,20,21);1H. The van der Waals surface area contributed by atoms with Gasteiger partial charge in [-0.3, -0.25) is 9.69 Å². The molecular formula is C17H33ClN2O2. The molecule has 1 heterocycles. The second-order valence-electron chi connectivity index (χ2n) is 7.31. The number of halogens is 1. The van der Waals surface area contributed by atoms with Crippen LogP contribution in [0, 0.1) is 11.8 Å². The molecule has 22 heavy (non-hydrogen) atoms. The number of nitrogens with zero attached hydrogens (tertiary/aromatic N) is 2. The fraction of sp³-hybridized carbons (Fsp3) is 0.941. The van der Waals surface area contributed by atoms with Crippen molar-refractivity contribution in [3.63, 3.8) is 0 Å². The van der Waals surface area contributed by atoms with Crippen LogP contribution in [0.3, 0.4) is 0 Å². The lowest BCUT2D eigenvalue weighted by atomic mass is 9.81. The third-order valence-corrected chi connectivity index (χ3v) is 5.46. The van der Waals surface area contributed by atoms with Crippen LogP contribution >= 0.6 is 12.4 Å². The van der Waals surface area contributed by atoms with Crippen molar-refractivity contribution in [2.75, 3.05) is 33.2 Å². The third-order valence-electron chi connectivity index (χ3n) is 5.46. The number of hydrogen-bond acceptors (Lipinski definition) is 3. The number of piperidine rings is 1. The summed E-state index contributed by atoms with van der Waals surface area (Å²) < 4.78 is 0. The van der Waals surface area contributed by atoms with Gasteiger partial charge in [-0.25, -0.2) is 0 Å². The average Bonchev–Trinajstić information content (AvgIpc) is 2.45. The smallest absolute Gasteiger partial charge is 0.317 e. The Kier molecular flexibility index (Phi) is 8.73. The number of rotatable bonds is 6. The van der Waals surface area contributed by atoms with Gasteiger partial charge in [0.05, 0.1) is 6.54 Å². The van der Waals surface area contributed by atoms with Crippen molar-refractivity contribution in [1.82, 2.24) is 9.80 Å². The predicted molar refractivity (Wildman–Crippen MR) is 92.7 cm³/mol. The number of carboxylic acids is 1. The van der Waals surface area contributed by atoms with E-state index in [1.807, 2.05) is 11.9 Å². The predicted octanol–water partition coefficient (Wildman–Crippen LogP) is 3.11. The molecule has 0 radical (unpaired) electrons. The van der Waals surface area contributed by atoms with Crippen LogP contribution in [0.4, 0.5) is 0 Å². The SMILES string of the molecule is CC1CCCC(CCN2CCC(N(C)CC(=O)O)CC2)C1.Cl. The van der Waals surface area contributed by atoms with Crippen LogP contribution in [0.5, 0.6) is 0 Å². The van der Waals surface area contributed by atoms with Crippen molar-refractivity contribution >= 4 is 18.4 Å². The van der Waals surface area contributed by atoms with Crippen LogP contribution in [0.1, 0.15) is 51.9 Å². The van der Waals surface area contributed by atoms with Gasteiger partial charge in [0.2, 0.25) is 0 Å². The first kappa shape index (κ1) is 19.7. The Morgan fingerprint density at radius 3 is 2.50 bits per heavy atom. The van der Waals surface area contributed by atoms with E-state index in [0.717, 1.165) is 37.8 Å². The second-order valence-corrected chi connectivity index (χ2v) is 7.31. The van der Waals surface area contributed by atoms with Crippen LogP contribution in [-0.2, 0) is 4.79 Å². The van der Waals surface area contributed by atoms with E-state index in [0.29, 0.717) is 6.04 Å². The summed E-state index contributed by atoms with van der Waals surface area (Å²) in [6.07, 6.45) is 9.31. The van der Waals surface area contributed by atoms with Crippen LogP contribution in [-0.4, -0.2) is 60.1 Å². The molecule has 1 saturated carbocycles. The van der Waals surface area contributed by atoms with Gasteiger partial charge in [0, 0.05) is 6.04 Å². The molecule has 2 unspecified atom stereocenters. The molecule has 2 atom stereocenters. The maximum Gasteiger partial charge on any atom is 0.317 e. The summed E-state index contributed by atoms with van der Waals surface area (Å²) in [6.45, 7) is 6.08. The first-order valence-electron chi connectivity index (χ1n) is 8.69. The van der Waals surface area contributed by atoms with Crippen LogP contribution < -0.4 is 0 Å². The van der Waals surface area contributed by atoms with E-state index in [1.165, 1.54) is 38.6 Å². The maximum absolute atomic E-state index is 10.8. The van der Waals surface area contributed by atoms with E-state index >= 15 is 0 Å². The lowest BCUT2D eigenvalue weighted by Crippen LogP contribution is -2.45. The van der Waals surface area contributed by atoms with Crippen molar-refractivity contribution in [1.29, 1.82) is 0 Å². The van der Waals surface area contributed by atoms with Gasteiger partial charge in [0.1, 0.15) is 0 Å². The summed E-state index contributed by atoms with van der Waals surface area (Å²) in [5.74, 6) is 1.16. The molecule has 1 aliphatic heterocycles. The number of carboxylic acid groups (broad SMARTS) is 1. The minimum atomic E-state index is -0.716. The van der Waals surface area contributed by atoms with Gasteiger partial charge in [0.25, 0.3) is 0 Å². The third kappa shape index (κ3) is 6.43. The minimum Gasteiger partial charge on any atom is -0.480 e. The Morgan fingerprint density at radius 2 is 1.91 bits per heavy atom. The van der Waals surface area contributed by atoms with Crippen LogP contribution in [0.2, 0.25) is 0 Å². The van der Waals surface area contributed by atoms with Crippen molar-refractivity contribution in [2.45, 2.75) is 57.9 Å². The molecule has 0 aromatic heterocycles. The van der Waals surface area contributed by atoms with Gasteiger partial charge < -0.3 is 10.0 Å². The maximum atomic E-state index is 10.8. The Bertz CT molecular complexity index is 333. The van der Waals surface area contributed by atoms with Crippen molar-refractivity contribution in [3.05, 3.63) is 0 Å². The number of likely N-dealkylation sites (N-methyl/N-ethyl adjacent to an activating group) is 1. The van der Waals surface area contributed by atoms with Gasteiger partial charge in [-0.05, 0) is 64.2 Å². The highest BCUT2D eigenvalue weighted by molar-refractivity contribution is 5.85. The van der Waals surface area contributed by atoms with Crippen LogP contribution in [0.25, 0.3) is 0 Å². The zero-order chi connectivity index (χ0) is 15.2. The first-order valence-corrected chi connectivity index (χ1v) is 8.69. The van der Waals surface area contributed by atoms with Gasteiger partial charge in [-0.15, -0.1) is 12.4 Å². The van der Waals surface area contributed by atoms with Crippen LogP contribution in [0.15, 0.2) is 0 Å². The summed E-state index contributed by atoms with van der Waals surface area (Å²) >= 11 is 0. The summed E-state index contributed by atoms with van der Waals surface area (Å²) in [4.78, 5) is 15.4. The molecule has 0 aromatic carbocycles. The Labute approximate surface area is 141 Å². The zero-order valence-electron chi connectivity index (χ0n) is 14.2. The largest absolute Gasteiger partial charge is 0.480 e. The fourth-order valence-electron chi connectivity index (χ4n) is 4.11. The van der Waals surface area contributed by atoms with Crippen molar-refractivity contribution < 1.29 is 9.90 Å². The highest BCUT2D eigenvalue weighted by atomic mass is 35.5. The van der Waals surface area contributed by atoms with Gasteiger partial charge >= 0.3 is 5.97 Å². The minimum absolute atomic E-state index is 0. The quantitative estimate of drug-likeness (QED) is 0.811. The first-order chi connectivity index (χ1) is 10.0. The molecule has 0 aromatic rings. The lowest BCUT2D eigenvalue weighted by molar-refractivity contribution is -0.138. The number of aliphatic carboxylic acids is 1. The fourth-order valence-corrected chi connectivity index (χ4v) is 4.11. The molecule has 2 fully saturated rings. The molecule has 0 amide bonds. The highest BCUT2D eigenvalue weighted by Gasteiger charge is 2.24. The molecular weight excluding hydrogens is 300 g/mol. The molecule has 2 aliphatic rings. The molecule has 5 heteroatoms. The summed E-state index contributed by atoms with van der Waals surface area (Å²) in [7, 11) is 1.94. The van der Waals surface area contributed by atoms with E-state index in [9.17, 15) is 4.79 Å². The van der Waals surface area contributed by atoms with E-state index in [-0.39, 0.29) is 19.0 Å². The molecule has 130 valence electrons. The number of hydrogen-bond donors (Lipinski definition) is 1. The topological polar surface area (TPSA) is 43.8 Å². The molecule has 1 aliphatic carbocycles. The van der Waals surface area contributed by atoms with E-state index in [1.54, 1.807) is 0 Å². The molecule has 0 bridgehead atoms. The Balaban J connectivity index is 0.00000242. The summed E-state index contributed by atoms with van der Waals surface area (Å²) in [6, 6.07) is 0.451. The Hall–Kier alpha value is -0.320. The zero-order valence-corrected chi connectivity index (χ0v) is 15.0. The molecule has 1 saturated heterocycles. The second kappa shape index (κ2) is 9.74. The monoisotopic (exact) mass is 332 g/mol. The molecule has 4 nitrogen and oxygen atoms in total. The average molecular weight is 333 g/mol.